The summed E-state index contributed by atoms with van der Waals surface area (Å²) in [5, 5.41) is 0. The fourth-order valence-corrected chi connectivity index (χ4v) is 2.86. The van der Waals surface area contributed by atoms with Gasteiger partial charge in [0.15, 0.2) is 0 Å². The summed E-state index contributed by atoms with van der Waals surface area (Å²) in [5.74, 6) is 0. The number of rotatable bonds is 2. The van der Waals surface area contributed by atoms with Crippen LogP contribution in [0.2, 0.25) is 0 Å². The molecule has 0 atom stereocenters. The summed E-state index contributed by atoms with van der Waals surface area (Å²) in [6, 6.07) is 5.59. The Balaban J connectivity index is 1.88. The molecule has 0 N–H and O–H groups in total. The summed E-state index contributed by atoms with van der Waals surface area (Å²) >= 11 is 0. The molecule has 0 unspecified atom stereocenters. The molecule has 0 aromatic carbocycles. The first kappa shape index (κ1) is 13.3. The predicted octanol–water partition coefficient (Wildman–Crippen LogP) is 2.38. The Kier molecular flexibility index (Phi) is 3.83. The maximum absolute atomic E-state index is 12.2. The van der Waals surface area contributed by atoms with Gasteiger partial charge in [0.2, 0.25) is 0 Å². The third kappa shape index (κ3) is 2.90. The second-order valence-corrected chi connectivity index (χ2v) is 5.71. The number of aryl methyl sites for hydroxylation is 1. The molecule has 0 saturated carbocycles. The van der Waals surface area contributed by atoms with Crippen molar-refractivity contribution in [3.05, 3.63) is 46.0 Å². The Morgan fingerprint density at radius 3 is 2.65 bits per heavy atom. The summed E-state index contributed by atoms with van der Waals surface area (Å²) < 4.78 is 1.63. The molecule has 1 aliphatic heterocycles. The zero-order valence-corrected chi connectivity index (χ0v) is 12.0. The third-order valence-corrected chi connectivity index (χ3v) is 3.94. The maximum Gasteiger partial charge on any atom is 0.258 e. The van der Waals surface area contributed by atoms with E-state index in [-0.39, 0.29) is 5.56 Å². The molecule has 0 bridgehead atoms. The van der Waals surface area contributed by atoms with E-state index in [4.69, 9.17) is 0 Å². The Labute approximate surface area is 119 Å². The molecule has 4 nitrogen and oxygen atoms in total. The monoisotopic (exact) mass is 271 g/mol. The average molecular weight is 271 g/mol. The van der Waals surface area contributed by atoms with Crippen LogP contribution in [0.5, 0.6) is 0 Å². The van der Waals surface area contributed by atoms with Gasteiger partial charge in [0.05, 0.1) is 5.69 Å². The van der Waals surface area contributed by atoms with Crippen LogP contribution in [0.1, 0.15) is 36.9 Å². The van der Waals surface area contributed by atoms with Gasteiger partial charge in [-0.05, 0) is 44.5 Å². The van der Waals surface area contributed by atoms with Crippen molar-refractivity contribution in [2.24, 2.45) is 0 Å². The van der Waals surface area contributed by atoms with Crippen molar-refractivity contribution in [3.63, 3.8) is 0 Å². The standard InChI is InChI=1S/C16H21N3O/c1-13-6-7-15-17-14(10-16(20)19(15)11-13)12-18-8-4-2-3-5-9-18/h6-7,10-11H,2-5,8-9,12H2,1H3. The minimum atomic E-state index is 0.0171. The van der Waals surface area contributed by atoms with Gasteiger partial charge in [0, 0.05) is 18.8 Å². The van der Waals surface area contributed by atoms with Gasteiger partial charge in [-0.1, -0.05) is 18.9 Å². The summed E-state index contributed by atoms with van der Waals surface area (Å²) in [4.78, 5) is 19.2. The summed E-state index contributed by atoms with van der Waals surface area (Å²) in [5.41, 5.74) is 2.72. The van der Waals surface area contributed by atoms with Crippen LogP contribution in [-0.4, -0.2) is 27.4 Å². The second kappa shape index (κ2) is 5.75. The Morgan fingerprint density at radius 2 is 1.90 bits per heavy atom. The van der Waals surface area contributed by atoms with Crippen molar-refractivity contribution >= 4 is 5.65 Å². The normalized spacial score (nSPS) is 17.2. The van der Waals surface area contributed by atoms with E-state index in [1.807, 2.05) is 25.3 Å². The quantitative estimate of drug-likeness (QED) is 0.841. The lowest BCUT2D eigenvalue weighted by molar-refractivity contribution is 0.273. The first-order valence-electron chi connectivity index (χ1n) is 7.44. The molecule has 2 aromatic rings. The van der Waals surface area contributed by atoms with Crippen LogP contribution < -0.4 is 5.56 Å². The van der Waals surface area contributed by atoms with Crippen molar-refractivity contribution < 1.29 is 0 Å². The van der Waals surface area contributed by atoms with Crippen LogP contribution in [-0.2, 0) is 6.54 Å². The van der Waals surface area contributed by atoms with E-state index in [1.165, 1.54) is 25.7 Å². The molecule has 4 heteroatoms. The first-order valence-corrected chi connectivity index (χ1v) is 7.44. The van der Waals surface area contributed by atoms with Gasteiger partial charge >= 0.3 is 0 Å². The smallest absolute Gasteiger partial charge is 0.258 e. The van der Waals surface area contributed by atoms with Crippen LogP contribution in [0.3, 0.4) is 0 Å². The fourth-order valence-electron chi connectivity index (χ4n) is 2.86. The molecule has 0 radical (unpaired) electrons. The minimum Gasteiger partial charge on any atom is -0.298 e. The number of pyridine rings is 1. The number of fused-ring (bicyclic) bond motifs is 1. The fraction of sp³-hybridized carbons (Fsp3) is 0.500. The Hall–Kier alpha value is -1.68. The van der Waals surface area contributed by atoms with E-state index >= 15 is 0 Å². The lowest BCUT2D eigenvalue weighted by Crippen LogP contribution is -2.26. The molecule has 1 aliphatic rings. The van der Waals surface area contributed by atoms with Crippen molar-refractivity contribution in [3.8, 4) is 0 Å². The lowest BCUT2D eigenvalue weighted by Gasteiger charge is -2.19. The largest absolute Gasteiger partial charge is 0.298 e. The number of hydrogen-bond donors (Lipinski definition) is 0. The summed E-state index contributed by atoms with van der Waals surface area (Å²) in [6.45, 7) is 5.01. The molecule has 3 heterocycles. The van der Waals surface area contributed by atoms with Crippen molar-refractivity contribution in [1.29, 1.82) is 0 Å². The Morgan fingerprint density at radius 1 is 1.15 bits per heavy atom. The Bertz CT molecular complexity index is 654. The number of hydrogen-bond acceptors (Lipinski definition) is 3. The lowest BCUT2D eigenvalue weighted by atomic mass is 10.2. The van der Waals surface area contributed by atoms with Gasteiger partial charge in [-0.2, -0.15) is 0 Å². The topological polar surface area (TPSA) is 37.6 Å². The van der Waals surface area contributed by atoms with E-state index in [0.29, 0.717) is 0 Å². The molecule has 2 aromatic heterocycles. The van der Waals surface area contributed by atoms with Crippen LogP contribution in [0, 0.1) is 6.92 Å². The predicted molar refractivity (Wildman–Crippen MR) is 79.9 cm³/mol. The number of aromatic nitrogens is 2. The van der Waals surface area contributed by atoms with Crippen LogP contribution in [0.15, 0.2) is 29.2 Å². The number of likely N-dealkylation sites (tertiary alicyclic amines) is 1. The van der Waals surface area contributed by atoms with Gasteiger partial charge in [0.1, 0.15) is 5.65 Å². The summed E-state index contributed by atoms with van der Waals surface area (Å²) in [7, 11) is 0. The van der Waals surface area contributed by atoms with Gasteiger partial charge in [-0.3, -0.25) is 14.1 Å². The SMILES string of the molecule is Cc1ccc2nc(CN3CCCCCC3)cc(=O)n2c1. The highest BCUT2D eigenvalue weighted by molar-refractivity contribution is 5.39. The highest BCUT2D eigenvalue weighted by atomic mass is 16.1. The summed E-state index contributed by atoms with van der Waals surface area (Å²) in [6.07, 6.45) is 7.01. The van der Waals surface area contributed by atoms with E-state index in [0.717, 1.165) is 36.5 Å². The van der Waals surface area contributed by atoms with E-state index in [1.54, 1.807) is 10.5 Å². The highest BCUT2D eigenvalue weighted by Gasteiger charge is 2.11. The van der Waals surface area contributed by atoms with Gasteiger partial charge in [-0.25, -0.2) is 4.98 Å². The molecule has 106 valence electrons. The molecule has 0 aliphatic carbocycles. The zero-order valence-electron chi connectivity index (χ0n) is 12.0. The van der Waals surface area contributed by atoms with Gasteiger partial charge in [0.25, 0.3) is 5.56 Å². The third-order valence-electron chi connectivity index (χ3n) is 3.94. The van der Waals surface area contributed by atoms with E-state index in [2.05, 4.69) is 9.88 Å². The minimum absolute atomic E-state index is 0.0171. The molecular formula is C16H21N3O. The van der Waals surface area contributed by atoms with E-state index < -0.39 is 0 Å². The molecule has 1 fully saturated rings. The number of nitrogens with zero attached hydrogens (tertiary/aromatic N) is 3. The van der Waals surface area contributed by atoms with Crippen molar-refractivity contribution in [2.75, 3.05) is 13.1 Å². The van der Waals surface area contributed by atoms with Crippen molar-refractivity contribution in [2.45, 2.75) is 39.2 Å². The molecule has 0 spiro atoms. The highest BCUT2D eigenvalue weighted by Crippen LogP contribution is 2.12. The first-order chi connectivity index (χ1) is 9.72. The molecular weight excluding hydrogens is 250 g/mol. The average Bonchev–Trinajstić information content (AvgIpc) is 2.68. The van der Waals surface area contributed by atoms with Crippen LogP contribution >= 0.6 is 0 Å². The molecule has 0 amide bonds. The van der Waals surface area contributed by atoms with Crippen molar-refractivity contribution in [1.82, 2.24) is 14.3 Å². The molecule has 1 saturated heterocycles. The molecule has 3 rings (SSSR count). The van der Waals surface area contributed by atoms with Crippen LogP contribution in [0.25, 0.3) is 5.65 Å². The van der Waals surface area contributed by atoms with Gasteiger partial charge in [-0.15, -0.1) is 0 Å². The zero-order chi connectivity index (χ0) is 13.9. The second-order valence-electron chi connectivity index (χ2n) is 5.71. The van der Waals surface area contributed by atoms with Crippen LogP contribution in [0.4, 0.5) is 0 Å². The van der Waals surface area contributed by atoms with Gasteiger partial charge < -0.3 is 0 Å². The molecule has 20 heavy (non-hydrogen) atoms. The maximum atomic E-state index is 12.2. The van der Waals surface area contributed by atoms with E-state index in [9.17, 15) is 4.79 Å².